The molecule has 0 spiro atoms. The first-order valence-electron chi connectivity index (χ1n) is 10.6. The predicted molar refractivity (Wildman–Crippen MR) is 144 cm³/mol. The van der Waals surface area contributed by atoms with Crippen LogP contribution >= 0.6 is 43.6 Å². The van der Waals surface area contributed by atoms with E-state index in [0.717, 1.165) is 37.9 Å². The molecule has 0 unspecified atom stereocenters. The Kier molecular flexibility index (Phi) is 7.83. The van der Waals surface area contributed by atoms with Crippen LogP contribution in [-0.2, 0) is 17.8 Å². The topological polar surface area (TPSA) is 50.4 Å². The van der Waals surface area contributed by atoms with E-state index in [4.69, 9.17) is 4.74 Å². The molecule has 1 saturated heterocycles. The van der Waals surface area contributed by atoms with Gasteiger partial charge in [0.2, 0.25) is 0 Å². The number of ether oxygens (including phenoxy) is 1. The van der Waals surface area contributed by atoms with E-state index < -0.39 is 0 Å². The zero-order valence-electron chi connectivity index (χ0n) is 18.3. The first kappa shape index (κ1) is 23.9. The van der Waals surface area contributed by atoms with Crippen molar-refractivity contribution in [3.8, 4) is 5.75 Å². The molecule has 1 atom stereocenters. The molecular weight excluding hydrogens is 564 g/mol. The highest BCUT2D eigenvalue weighted by molar-refractivity contribution is 9.11. The minimum Gasteiger partial charge on any atom is -0.487 e. The van der Waals surface area contributed by atoms with Crippen LogP contribution in [0.5, 0.6) is 5.75 Å². The highest BCUT2D eigenvalue weighted by atomic mass is 79.9. The smallest absolute Gasteiger partial charge is 0.260 e. The molecule has 33 heavy (non-hydrogen) atoms. The minimum absolute atomic E-state index is 0.0882. The van der Waals surface area contributed by atoms with Gasteiger partial charge in [0, 0.05) is 5.69 Å². The summed E-state index contributed by atoms with van der Waals surface area (Å²) in [5.74, 6) is 0.645. The lowest BCUT2D eigenvalue weighted by atomic mass is 10.1. The molecule has 7 heteroatoms. The largest absolute Gasteiger partial charge is 0.487 e. The van der Waals surface area contributed by atoms with E-state index in [1.54, 1.807) is 0 Å². The third kappa shape index (κ3) is 6.22. The van der Waals surface area contributed by atoms with Gasteiger partial charge in [-0.3, -0.25) is 4.79 Å². The van der Waals surface area contributed by atoms with Gasteiger partial charge in [-0.15, -0.1) is 0 Å². The first-order valence-corrected chi connectivity index (χ1v) is 13.1. The summed E-state index contributed by atoms with van der Waals surface area (Å²) < 4.78 is 7.69. The fourth-order valence-corrected chi connectivity index (χ4v) is 5.90. The highest BCUT2D eigenvalue weighted by Crippen LogP contribution is 2.37. The Morgan fingerprint density at radius 2 is 1.79 bits per heavy atom. The van der Waals surface area contributed by atoms with Gasteiger partial charge in [-0.05, 0) is 92.2 Å². The van der Waals surface area contributed by atoms with Crippen LogP contribution in [0.3, 0.4) is 0 Å². The van der Waals surface area contributed by atoms with Crippen molar-refractivity contribution in [3.05, 3.63) is 96.8 Å². The normalized spacial score (nSPS) is 16.7. The SMILES string of the molecule is CCc1ccc(N[C@@H]2NC(=O)/C(=C/c3cc(Br)c(OCc4cccc(C)c4)c(Br)c3)S2)cc1. The number of carbonyl (C=O) groups is 1. The van der Waals surface area contributed by atoms with E-state index in [0.29, 0.717) is 11.5 Å². The summed E-state index contributed by atoms with van der Waals surface area (Å²) >= 11 is 8.70. The Balaban J connectivity index is 1.44. The molecule has 2 N–H and O–H groups in total. The fraction of sp³-hybridized carbons (Fsp3) is 0.192. The van der Waals surface area contributed by atoms with Crippen molar-refractivity contribution in [1.29, 1.82) is 0 Å². The van der Waals surface area contributed by atoms with E-state index in [-0.39, 0.29) is 11.4 Å². The highest BCUT2D eigenvalue weighted by Gasteiger charge is 2.27. The lowest BCUT2D eigenvalue weighted by Crippen LogP contribution is -2.30. The van der Waals surface area contributed by atoms with Gasteiger partial charge in [-0.25, -0.2) is 0 Å². The van der Waals surface area contributed by atoms with Crippen LogP contribution in [0.25, 0.3) is 6.08 Å². The monoisotopic (exact) mass is 586 g/mol. The quantitative estimate of drug-likeness (QED) is 0.286. The third-order valence-corrected chi connectivity index (χ3v) is 7.38. The lowest BCUT2D eigenvalue weighted by Gasteiger charge is -2.13. The van der Waals surface area contributed by atoms with E-state index in [2.05, 4.69) is 80.6 Å². The summed E-state index contributed by atoms with van der Waals surface area (Å²) in [5.41, 5.74) is 5.28. The molecule has 4 nitrogen and oxygen atoms in total. The predicted octanol–water partition coefficient (Wildman–Crippen LogP) is 7.26. The molecule has 0 aromatic heterocycles. The standard InChI is InChI=1S/C26H24Br2N2O2S/c1-3-17-7-9-20(10-8-17)29-26-30-25(31)23(33-26)14-19-12-21(27)24(22(28)13-19)32-15-18-6-4-5-16(2)11-18/h4-14,26,29H,3,15H2,1-2H3,(H,30,31)/b23-14-/t26-/m1/s1. The van der Waals surface area contributed by atoms with Crippen molar-refractivity contribution >= 4 is 61.3 Å². The lowest BCUT2D eigenvalue weighted by molar-refractivity contribution is -0.116. The summed E-state index contributed by atoms with van der Waals surface area (Å²) in [6.07, 6.45) is 2.89. The Morgan fingerprint density at radius 1 is 1.06 bits per heavy atom. The first-order chi connectivity index (χ1) is 15.9. The molecule has 3 aromatic rings. The summed E-state index contributed by atoms with van der Waals surface area (Å²) in [6, 6.07) is 20.4. The summed E-state index contributed by atoms with van der Waals surface area (Å²) in [5, 5.41) is 6.34. The number of hydrogen-bond acceptors (Lipinski definition) is 4. The second-order valence-electron chi connectivity index (χ2n) is 7.77. The number of carbonyl (C=O) groups excluding carboxylic acids is 1. The molecule has 0 radical (unpaired) electrons. The number of aryl methyl sites for hydroxylation is 2. The number of benzene rings is 3. The van der Waals surface area contributed by atoms with Crippen molar-refractivity contribution in [2.75, 3.05) is 5.32 Å². The maximum atomic E-state index is 12.5. The maximum absolute atomic E-state index is 12.5. The van der Waals surface area contributed by atoms with Gasteiger partial charge in [0.25, 0.3) is 5.91 Å². The number of rotatable bonds is 7. The van der Waals surface area contributed by atoms with Gasteiger partial charge in [0.15, 0.2) is 5.50 Å². The van der Waals surface area contributed by atoms with Gasteiger partial charge in [-0.1, -0.05) is 60.6 Å². The second-order valence-corrected chi connectivity index (χ2v) is 10.6. The molecule has 170 valence electrons. The van der Waals surface area contributed by atoms with Gasteiger partial charge in [-0.2, -0.15) is 0 Å². The molecule has 1 heterocycles. The Morgan fingerprint density at radius 3 is 2.45 bits per heavy atom. The average molecular weight is 588 g/mol. The van der Waals surface area contributed by atoms with Crippen LogP contribution in [0.2, 0.25) is 0 Å². The number of amides is 1. The van der Waals surface area contributed by atoms with Gasteiger partial charge in [0.1, 0.15) is 12.4 Å². The second kappa shape index (κ2) is 10.8. The van der Waals surface area contributed by atoms with Crippen LogP contribution in [0.1, 0.15) is 29.2 Å². The van der Waals surface area contributed by atoms with Crippen molar-refractivity contribution in [1.82, 2.24) is 5.32 Å². The van der Waals surface area contributed by atoms with Crippen molar-refractivity contribution < 1.29 is 9.53 Å². The number of nitrogens with one attached hydrogen (secondary N) is 2. The molecular formula is C26H24Br2N2O2S. The molecule has 3 aromatic carbocycles. The van der Waals surface area contributed by atoms with Crippen LogP contribution in [-0.4, -0.2) is 11.4 Å². The molecule has 0 aliphatic carbocycles. The molecule has 1 fully saturated rings. The fourth-order valence-electron chi connectivity index (χ4n) is 3.46. The average Bonchev–Trinajstić information content (AvgIpc) is 3.12. The molecule has 1 aliphatic heterocycles. The number of hydrogen-bond donors (Lipinski definition) is 2. The summed E-state index contributed by atoms with van der Waals surface area (Å²) in [6.45, 7) is 4.67. The molecule has 1 amide bonds. The van der Waals surface area contributed by atoms with E-state index >= 15 is 0 Å². The van der Waals surface area contributed by atoms with E-state index in [1.807, 2.05) is 42.5 Å². The molecule has 0 bridgehead atoms. The summed E-state index contributed by atoms with van der Waals surface area (Å²) in [7, 11) is 0. The van der Waals surface area contributed by atoms with Gasteiger partial charge in [0.05, 0.1) is 13.9 Å². The summed E-state index contributed by atoms with van der Waals surface area (Å²) in [4.78, 5) is 13.2. The Labute approximate surface area is 215 Å². The maximum Gasteiger partial charge on any atom is 0.260 e. The number of halogens is 2. The van der Waals surface area contributed by atoms with Gasteiger partial charge >= 0.3 is 0 Å². The van der Waals surface area contributed by atoms with E-state index in [9.17, 15) is 4.79 Å². The van der Waals surface area contributed by atoms with Crippen LogP contribution < -0.4 is 15.4 Å². The Bertz CT molecular complexity index is 1170. The van der Waals surface area contributed by atoms with E-state index in [1.165, 1.54) is 22.9 Å². The molecule has 0 saturated carbocycles. The number of thioether (sulfide) groups is 1. The molecule has 1 aliphatic rings. The zero-order chi connectivity index (χ0) is 23.4. The van der Waals surface area contributed by atoms with Crippen molar-refractivity contribution in [3.63, 3.8) is 0 Å². The van der Waals surface area contributed by atoms with Crippen molar-refractivity contribution in [2.24, 2.45) is 0 Å². The van der Waals surface area contributed by atoms with Crippen molar-refractivity contribution in [2.45, 2.75) is 32.4 Å². The van der Waals surface area contributed by atoms with Gasteiger partial charge < -0.3 is 15.4 Å². The van der Waals surface area contributed by atoms with Crippen LogP contribution in [0, 0.1) is 6.92 Å². The van der Waals surface area contributed by atoms with Crippen LogP contribution in [0.15, 0.2) is 74.5 Å². The third-order valence-electron chi connectivity index (χ3n) is 5.17. The molecule has 4 rings (SSSR count). The number of anilines is 1. The Hall–Kier alpha value is -2.22. The minimum atomic E-state index is -0.208. The van der Waals surface area contributed by atoms with Crippen LogP contribution in [0.4, 0.5) is 5.69 Å². The zero-order valence-corrected chi connectivity index (χ0v) is 22.3.